The number of hydrogen-bond donors (Lipinski definition) is 0. The molecule has 2 atom stereocenters. The summed E-state index contributed by atoms with van der Waals surface area (Å²) in [4.78, 5) is 0. The largest absolute Gasteiger partial charge is 0.314 e. The molecule has 0 spiro atoms. The summed E-state index contributed by atoms with van der Waals surface area (Å²) in [6.07, 6.45) is 17.2. The first-order valence-corrected chi connectivity index (χ1v) is 19.3. The highest BCUT2D eigenvalue weighted by molar-refractivity contribution is 8.37. The minimum absolute atomic E-state index is 0.0426. The molecule has 2 aliphatic carbocycles. The average Bonchev–Trinajstić information content (AvgIpc) is 2.92. The fourth-order valence-electron chi connectivity index (χ4n) is 6.67. The molecule has 2 saturated carbocycles. The maximum absolute atomic E-state index is 16.7. The first-order chi connectivity index (χ1) is 18.5. The van der Waals surface area contributed by atoms with E-state index in [9.17, 15) is 0 Å². The Kier molecular flexibility index (Phi) is 10.2. The van der Waals surface area contributed by atoms with Gasteiger partial charge in [-0.2, -0.15) is 0 Å². The van der Waals surface area contributed by atoms with Crippen LogP contribution in [0.1, 0.15) is 117 Å². The average molecular weight is 563 g/mol. The van der Waals surface area contributed by atoms with Gasteiger partial charge in [0.15, 0.2) is 0 Å². The normalized spacial score (nSPS) is 21.4. The van der Waals surface area contributed by atoms with Crippen LogP contribution in [-0.4, -0.2) is 11.3 Å². The Morgan fingerprint density at radius 3 is 1.59 bits per heavy atom. The summed E-state index contributed by atoms with van der Waals surface area (Å²) >= 11 is 0. The molecule has 2 fully saturated rings. The van der Waals surface area contributed by atoms with E-state index in [-0.39, 0.29) is 10.8 Å². The molecule has 4 rings (SSSR count). The summed E-state index contributed by atoms with van der Waals surface area (Å²) in [6.45, 7) is 11.3. The van der Waals surface area contributed by atoms with Crippen molar-refractivity contribution in [2.24, 2.45) is 10.8 Å². The topological polar surface area (TPSA) is 17.1 Å². The van der Waals surface area contributed by atoms with Crippen LogP contribution in [0.25, 0.3) is 12.2 Å². The third-order valence-corrected chi connectivity index (χ3v) is 20.0. The van der Waals surface area contributed by atoms with Gasteiger partial charge in [0.1, 0.15) is 6.83 Å². The van der Waals surface area contributed by atoms with Gasteiger partial charge in [-0.1, -0.05) is 147 Å². The van der Waals surface area contributed by atoms with Gasteiger partial charge in [-0.15, -0.1) is 0 Å². The number of benzene rings is 2. The zero-order valence-corrected chi connectivity index (χ0v) is 27.2. The second kappa shape index (κ2) is 13.0. The molecule has 2 aromatic rings. The third-order valence-electron chi connectivity index (χ3n) is 8.65. The minimum atomic E-state index is -2.80. The molecule has 1 nitrogen and oxygen atoms in total. The van der Waals surface area contributed by atoms with Crippen LogP contribution >= 0.6 is 14.4 Å². The molecule has 2 aliphatic rings. The second-order valence-electron chi connectivity index (χ2n) is 13.9. The maximum atomic E-state index is 16.7. The predicted octanol–water partition coefficient (Wildman–Crippen LogP) is 12.6. The van der Waals surface area contributed by atoms with E-state index in [2.05, 4.69) is 114 Å². The van der Waals surface area contributed by atoms with Gasteiger partial charge in [0, 0.05) is 5.66 Å². The molecule has 0 aromatic heterocycles. The first-order valence-electron chi connectivity index (χ1n) is 15.5. The summed E-state index contributed by atoms with van der Waals surface area (Å²) in [5.74, 6) is 0. The van der Waals surface area contributed by atoms with E-state index < -0.39 is 14.4 Å². The Morgan fingerprint density at radius 2 is 1.13 bits per heavy atom. The van der Waals surface area contributed by atoms with Crippen LogP contribution in [-0.2, 0) is 4.57 Å². The molecule has 0 radical (unpaired) electrons. The standard InChI is InChI=1S/C36H52OP2/c1-35(2,3)33(27-29-19-11-7-12-20-29)38(31-23-15-9-16-24-31)39(37,32-25-17-10-18-26-32)34(36(4,5)6)28-30-21-13-8-14-22-30/h7-8,11-14,19-22,27-28,31-32H,9-10,15-18,23-26H2,1-6H3/b33-27-,34-28-. The van der Waals surface area contributed by atoms with Crippen LogP contribution in [0.5, 0.6) is 0 Å². The Bertz CT molecular complexity index is 1150. The molecule has 0 aliphatic heterocycles. The molecule has 2 unspecified atom stereocenters. The smallest absolute Gasteiger partial charge is 0.139 e. The van der Waals surface area contributed by atoms with Gasteiger partial charge in [-0.05, 0) is 77.6 Å². The lowest BCUT2D eigenvalue weighted by atomic mass is 9.94. The molecule has 3 heteroatoms. The van der Waals surface area contributed by atoms with Crippen molar-refractivity contribution >= 4 is 26.6 Å². The van der Waals surface area contributed by atoms with E-state index >= 15 is 4.57 Å². The Labute approximate surface area is 241 Å². The van der Waals surface area contributed by atoms with E-state index in [4.69, 9.17) is 0 Å². The maximum Gasteiger partial charge on any atom is 0.139 e. The Morgan fingerprint density at radius 1 is 0.667 bits per heavy atom. The summed E-state index contributed by atoms with van der Waals surface area (Å²) in [7, 11) is -0.874. The SMILES string of the molecule is CC(C)(C)/C(=C/c1ccccc1)P(C1CCCCC1)P(=O)(/C(=C\c1ccccc1)C(C)(C)C)C1CCCCC1. The summed E-state index contributed by atoms with van der Waals surface area (Å²) in [5.41, 5.74) is 3.09. The van der Waals surface area contributed by atoms with Crippen molar-refractivity contribution in [3.63, 3.8) is 0 Å². The molecular formula is C36H52OP2. The van der Waals surface area contributed by atoms with Gasteiger partial charge >= 0.3 is 0 Å². The highest BCUT2D eigenvalue weighted by Gasteiger charge is 2.52. The number of allylic oxidation sites excluding steroid dienone is 2. The van der Waals surface area contributed by atoms with Gasteiger partial charge in [-0.25, -0.2) is 0 Å². The minimum Gasteiger partial charge on any atom is -0.314 e. The second-order valence-corrected chi connectivity index (χ2v) is 21.4. The lowest BCUT2D eigenvalue weighted by Crippen LogP contribution is -2.25. The first kappa shape index (κ1) is 30.5. The lowest BCUT2D eigenvalue weighted by Gasteiger charge is -2.48. The molecular weight excluding hydrogens is 510 g/mol. The fourth-order valence-corrected chi connectivity index (χ4v) is 20.7. The van der Waals surface area contributed by atoms with Crippen LogP contribution in [0.15, 0.2) is 71.3 Å². The van der Waals surface area contributed by atoms with Crippen molar-refractivity contribution in [1.29, 1.82) is 0 Å². The van der Waals surface area contributed by atoms with E-state index in [0.29, 0.717) is 11.3 Å². The van der Waals surface area contributed by atoms with Crippen LogP contribution < -0.4 is 0 Å². The Balaban J connectivity index is 2.03. The van der Waals surface area contributed by atoms with Crippen LogP contribution in [0.2, 0.25) is 0 Å². The van der Waals surface area contributed by atoms with Crippen molar-refractivity contribution < 1.29 is 4.57 Å². The molecule has 212 valence electrons. The van der Waals surface area contributed by atoms with Gasteiger partial charge < -0.3 is 4.57 Å². The van der Waals surface area contributed by atoms with Crippen molar-refractivity contribution in [3.8, 4) is 0 Å². The zero-order valence-electron chi connectivity index (χ0n) is 25.5. The molecule has 0 bridgehead atoms. The quantitative estimate of drug-likeness (QED) is 0.307. The van der Waals surface area contributed by atoms with E-state index in [1.165, 1.54) is 73.1 Å². The van der Waals surface area contributed by atoms with Gasteiger partial charge in [-0.3, -0.25) is 0 Å². The summed E-state index contributed by atoms with van der Waals surface area (Å²) in [6, 6.07) is 21.6. The Hall–Kier alpha value is -1.42. The van der Waals surface area contributed by atoms with Crippen molar-refractivity contribution in [2.75, 3.05) is 0 Å². The van der Waals surface area contributed by atoms with Gasteiger partial charge in [0.2, 0.25) is 0 Å². The molecule has 39 heavy (non-hydrogen) atoms. The monoisotopic (exact) mass is 562 g/mol. The van der Waals surface area contributed by atoms with E-state index in [1.54, 1.807) is 0 Å². The van der Waals surface area contributed by atoms with Crippen LogP contribution in [0, 0.1) is 10.8 Å². The molecule has 0 amide bonds. The highest BCUT2D eigenvalue weighted by atomic mass is 32.1. The summed E-state index contributed by atoms with van der Waals surface area (Å²) in [5, 5.41) is 2.74. The van der Waals surface area contributed by atoms with Gasteiger partial charge in [0.05, 0.1) is 0 Å². The number of rotatable bonds is 7. The van der Waals surface area contributed by atoms with Crippen molar-refractivity contribution in [3.05, 3.63) is 82.4 Å². The summed E-state index contributed by atoms with van der Waals surface area (Å²) < 4.78 is 16.7. The van der Waals surface area contributed by atoms with Crippen molar-refractivity contribution in [1.82, 2.24) is 0 Å². The predicted molar refractivity (Wildman–Crippen MR) is 176 cm³/mol. The fraction of sp³-hybridized carbons (Fsp3) is 0.556. The van der Waals surface area contributed by atoms with Gasteiger partial charge in [0.25, 0.3) is 0 Å². The number of hydrogen-bond acceptors (Lipinski definition) is 1. The molecule has 0 N–H and O–H groups in total. The van der Waals surface area contributed by atoms with Crippen LogP contribution in [0.3, 0.4) is 0 Å². The molecule has 0 saturated heterocycles. The van der Waals surface area contributed by atoms with E-state index in [0.717, 1.165) is 12.8 Å². The van der Waals surface area contributed by atoms with Crippen molar-refractivity contribution in [2.45, 2.75) is 117 Å². The highest BCUT2D eigenvalue weighted by Crippen LogP contribution is 2.92. The third kappa shape index (κ3) is 7.46. The van der Waals surface area contributed by atoms with Crippen LogP contribution in [0.4, 0.5) is 0 Å². The van der Waals surface area contributed by atoms with E-state index in [1.807, 2.05) is 0 Å². The molecule has 2 aromatic carbocycles. The molecule has 0 heterocycles. The lowest BCUT2D eigenvalue weighted by molar-refractivity contribution is 0.474. The zero-order chi connectivity index (χ0) is 28.1.